The normalized spacial score (nSPS) is 16.8. The van der Waals surface area contributed by atoms with Gasteiger partial charge in [0.05, 0.1) is 11.7 Å². The molecule has 0 spiro atoms. The van der Waals surface area contributed by atoms with Gasteiger partial charge in [0, 0.05) is 36.9 Å². The van der Waals surface area contributed by atoms with Crippen LogP contribution in [-0.2, 0) is 20.9 Å². The first kappa shape index (κ1) is 19.8. The van der Waals surface area contributed by atoms with Gasteiger partial charge >= 0.3 is 0 Å². The predicted octanol–water partition coefficient (Wildman–Crippen LogP) is 3.40. The van der Waals surface area contributed by atoms with E-state index in [1.165, 1.54) is 22.2 Å². The molecule has 152 valence electrons. The van der Waals surface area contributed by atoms with Crippen LogP contribution in [0.3, 0.4) is 0 Å². The number of benzene rings is 1. The predicted molar refractivity (Wildman–Crippen MR) is 111 cm³/mol. The number of amides is 1. The summed E-state index contributed by atoms with van der Waals surface area (Å²) >= 11 is 1.45. The maximum Gasteiger partial charge on any atom is 0.262 e. The zero-order chi connectivity index (χ0) is 20.2. The van der Waals surface area contributed by atoms with Gasteiger partial charge in [-0.3, -0.25) is 14.2 Å². The molecule has 3 aromatic rings. The summed E-state index contributed by atoms with van der Waals surface area (Å²) < 4.78 is 6.89. The molecule has 3 heterocycles. The van der Waals surface area contributed by atoms with Gasteiger partial charge in [-0.15, -0.1) is 11.3 Å². The van der Waals surface area contributed by atoms with Gasteiger partial charge in [0.25, 0.3) is 5.56 Å². The molecule has 7 nitrogen and oxygen atoms in total. The number of hydroxylamine groups is 1. The van der Waals surface area contributed by atoms with E-state index in [2.05, 4.69) is 10.5 Å². The second kappa shape index (κ2) is 8.86. The largest absolute Gasteiger partial charge is 0.350 e. The van der Waals surface area contributed by atoms with Crippen molar-refractivity contribution in [2.24, 2.45) is 0 Å². The summed E-state index contributed by atoms with van der Waals surface area (Å²) in [6.07, 6.45) is 4.02. The molecule has 1 aromatic carbocycles. The third-order valence-electron chi connectivity index (χ3n) is 4.95. The van der Waals surface area contributed by atoms with Crippen LogP contribution in [0.2, 0.25) is 0 Å². The van der Waals surface area contributed by atoms with Crippen molar-refractivity contribution in [1.29, 1.82) is 0 Å². The van der Waals surface area contributed by atoms with E-state index >= 15 is 0 Å². The quantitative estimate of drug-likeness (QED) is 0.627. The van der Waals surface area contributed by atoms with Crippen molar-refractivity contribution in [3.63, 3.8) is 0 Å². The van der Waals surface area contributed by atoms with E-state index in [0.717, 1.165) is 36.0 Å². The molecule has 1 fully saturated rings. The highest BCUT2D eigenvalue weighted by Crippen LogP contribution is 2.30. The van der Waals surface area contributed by atoms with Gasteiger partial charge in [0.1, 0.15) is 4.83 Å². The zero-order valence-electron chi connectivity index (χ0n) is 16.2. The van der Waals surface area contributed by atoms with Crippen molar-refractivity contribution < 1.29 is 14.4 Å². The van der Waals surface area contributed by atoms with Crippen molar-refractivity contribution >= 4 is 27.5 Å². The number of thiophene rings is 1. The topological polar surface area (TPSA) is 82.5 Å². The summed E-state index contributed by atoms with van der Waals surface area (Å²) in [6.45, 7) is 2.90. The van der Waals surface area contributed by atoms with Crippen LogP contribution in [-0.4, -0.2) is 28.4 Å². The van der Waals surface area contributed by atoms with Crippen LogP contribution in [0, 0.1) is 6.92 Å². The highest BCUT2D eigenvalue weighted by molar-refractivity contribution is 7.17. The maximum atomic E-state index is 13.0. The molecule has 8 heteroatoms. The van der Waals surface area contributed by atoms with E-state index in [-0.39, 0.29) is 24.4 Å². The first-order valence-corrected chi connectivity index (χ1v) is 10.6. The Morgan fingerprint density at radius 2 is 2.17 bits per heavy atom. The summed E-state index contributed by atoms with van der Waals surface area (Å²) in [4.78, 5) is 35.5. The number of nitrogens with one attached hydrogen (secondary N) is 1. The average molecular weight is 413 g/mol. The van der Waals surface area contributed by atoms with E-state index < -0.39 is 6.29 Å². The number of fused-ring (bicyclic) bond motifs is 1. The third kappa shape index (κ3) is 4.55. The van der Waals surface area contributed by atoms with Crippen molar-refractivity contribution in [3.05, 3.63) is 51.9 Å². The number of hydrogen-bond donors (Lipinski definition) is 1. The Kier molecular flexibility index (Phi) is 6.03. The molecule has 1 N–H and O–H groups in total. The first-order valence-electron chi connectivity index (χ1n) is 9.71. The number of ether oxygens (including phenoxy) is 1. The van der Waals surface area contributed by atoms with Gasteiger partial charge in [-0.1, -0.05) is 29.8 Å². The Bertz CT molecular complexity index is 1050. The molecule has 1 saturated heterocycles. The number of rotatable bonds is 6. The fourth-order valence-corrected chi connectivity index (χ4v) is 4.19. The van der Waals surface area contributed by atoms with Crippen LogP contribution in [0.25, 0.3) is 21.3 Å². The number of aryl methyl sites for hydroxylation is 2. The fraction of sp³-hybridized carbons (Fsp3) is 0.381. The summed E-state index contributed by atoms with van der Waals surface area (Å²) in [7, 11) is 0. The van der Waals surface area contributed by atoms with Gasteiger partial charge in [-0.05, 0) is 25.3 Å². The molecule has 0 unspecified atom stereocenters. The summed E-state index contributed by atoms with van der Waals surface area (Å²) in [6, 6.07) is 8.06. The summed E-state index contributed by atoms with van der Waals surface area (Å²) in [5.74, 6) is -0.296. The lowest BCUT2D eigenvalue weighted by molar-refractivity contribution is -0.200. The van der Waals surface area contributed by atoms with Gasteiger partial charge in [-0.2, -0.15) is 0 Å². The summed E-state index contributed by atoms with van der Waals surface area (Å²) in [5, 5.41) is 2.55. The molecule has 1 amide bonds. The minimum Gasteiger partial charge on any atom is -0.350 e. The van der Waals surface area contributed by atoms with E-state index in [1.54, 1.807) is 0 Å². The molecule has 0 aliphatic carbocycles. The maximum absolute atomic E-state index is 13.0. The minimum atomic E-state index is -0.392. The van der Waals surface area contributed by atoms with Gasteiger partial charge < -0.3 is 4.74 Å². The minimum absolute atomic E-state index is 0.115. The van der Waals surface area contributed by atoms with Gasteiger partial charge in [0.15, 0.2) is 6.29 Å². The highest BCUT2D eigenvalue weighted by Gasteiger charge is 2.17. The number of hydrogen-bond acceptors (Lipinski definition) is 6. The van der Waals surface area contributed by atoms with E-state index in [4.69, 9.17) is 9.57 Å². The van der Waals surface area contributed by atoms with Crippen molar-refractivity contribution in [3.8, 4) is 11.1 Å². The van der Waals surface area contributed by atoms with Crippen LogP contribution in [0.15, 0.2) is 40.8 Å². The van der Waals surface area contributed by atoms with Crippen LogP contribution >= 0.6 is 11.3 Å². The fourth-order valence-electron chi connectivity index (χ4n) is 3.28. The Labute approximate surface area is 172 Å². The lowest BCUT2D eigenvalue weighted by atomic mass is 10.1. The van der Waals surface area contributed by atoms with Crippen molar-refractivity contribution in [2.45, 2.75) is 45.4 Å². The first-order chi connectivity index (χ1) is 14.1. The zero-order valence-corrected chi connectivity index (χ0v) is 17.0. The number of carbonyl (C=O) groups excluding carboxylic acids is 1. The molecule has 2 aromatic heterocycles. The number of aromatic nitrogens is 2. The Balaban J connectivity index is 1.46. The molecule has 0 saturated carbocycles. The van der Waals surface area contributed by atoms with E-state index in [1.807, 2.05) is 36.6 Å². The molecular weight excluding hydrogens is 390 g/mol. The Morgan fingerprint density at radius 3 is 2.93 bits per heavy atom. The van der Waals surface area contributed by atoms with E-state index in [9.17, 15) is 9.59 Å². The van der Waals surface area contributed by atoms with Crippen molar-refractivity contribution in [2.75, 3.05) is 6.61 Å². The Hall–Kier alpha value is -2.55. The lowest BCUT2D eigenvalue weighted by Gasteiger charge is -2.22. The third-order valence-corrected chi connectivity index (χ3v) is 5.83. The van der Waals surface area contributed by atoms with E-state index in [0.29, 0.717) is 16.8 Å². The van der Waals surface area contributed by atoms with Gasteiger partial charge in [0.2, 0.25) is 5.91 Å². The molecule has 0 radical (unpaired) electrons. The molecule has 1 aliphatic heterocycles. The molecule has 0 bridgehead atoms. The average Bonchev–Trinajstić information content (AvgIpc) is 3.18. The smallest absolute Gasteiger partial charge is 0.262 e. The SMILES string of the molecule is Cc1ccc(-c2csc3ncn(CCC(=O)NO[C@@H]4CCCCO4)c(=O)c23)cc1. The van der Waals surface area contributed by atoms with Crippen molar-refractivity contribution in [1.82, 2.24) is 15.0 Å². The standard InChI is InChI=1S/C21H23N3O4S/c1-14-5-7-15(8-6-14)16-12-29-20-19(16)21(26)24(13-22-20)10-9-17(25)23-28-18-4-2-3-11-27-18/h5-8,12-13,18H,2-4,9-11H2,1H3,(H,23,25)/t18-/m1/s1. The van der Waals surface area contributed by atoms with Crippen LogP contribution in [0.4, 0.5) is 0 Å². The second-order valence-corrected chi connectivity index (χ2v) is 7.99. The molecule has 4 rings (SSSR count). The number of carbonyl (C=O) groups is 1. The molecule has 1 atom stereocenters. The summed E-state index contributed by atoms with van der Waals surface area (Å²) in [5.41, 5.74) is 5.30. The monoisotopic (exact) mass is 413 g/mol. The molecular formula is C21H23N3O4S. The van der Waals surface area contributed by atoms with Gasteiger partial charge in [-0.25, -0.2) is 15.3 Å². The second-order valence-electron chi connectivity index (χ2n) is 7.13. The Morgan fingerprint density at radius 1 is 1.34 bits per heavy atom. The number of nitrogens with zero attached hydrogens (tertiary/aromatic N) is 2. The molecule has 29 heavy (non-hydrogen) atoms. The van der Waals surface area contributed by atoms with Crippen LogP contribution < -0.4 is 11.0 Å². The molecule has 1 aliphatic rings. The van der Waals surface area contributed by atoms with Crippen LogP contribution in [0.5, 0.6) is 0 Å². The van der Waals surface area contributed by atoms with Crippen LogP contribution in [0.1, 0.15) is 31.2 Å². The highest BCUT2D eigenvalue weighted by atomic mass is 32.1. The lowest BCUT2D eigenvalue weighted by Crippen LogP contribution is -2.34.